The van der Waals surface area contributed by atoms with Crippen LogP contribution in [-0.2, 0) is 0 Å². The highest BCUT2D eigenvalue weighted by atomic mass is 19.1. The molecule has 5 aromatic rings. The molecule has 2 aliphatic heterocycles. The summed E-state index contributed by atoms with van der Waals surface area (Å²) in [4.78, 5) is 12.0. The molecule has 2 atom stereocenters. The van der Waals surface area contributed by atoms with Gasteiger partial charge in [0.05, 0.1) is 11.7 Å². The number of nitrogens with zero attached hydrogens (tertiary/aromatic N) is 4. The molecule has 5 heterocycles. The summed E-state index contributed by atoms with van der Waals surface area (Å²) >= 11 is 0. The van der Waals surface area contributed by atoms with Crippen molar-refractivity contribution in [2.75, 3.05) is 18.0 Å². The number of fused-ring (bicyclic) bond motifs is 5. The second-order valence-corrected chi connectivity index (χ2v) is 9.70. The van der Waals surface area contributed by atoms with E-state index in [1.807, 2.05) is 44.3 Å². The predicted octanol–water partition coefficient (Wildman–Crippen LogP) is 5.02. The Morgan fingerprint density at radius 2 is 1.79 bits per heavy atom. The Hall–Kier alpha value is -3.58. The number of benzene rings is 2. The highest BCUT2D eigenvalue weighted by molar-refractivity contribution is 6.12. The van der Waals surface area contributed by atoms with Gasteiger partial charge < -0.3 is 10.2 Å². The SMILES string of the molecule is Cc1nc(N2CC3CCC(C2)N3)c2cnc(-c3c4ccccc4cc4[nH]ncc34)c(F)c2c1C. The first kappa shape index (κ1) is 19.9. The van der Waals surface area contributed by atoms with Gasteiger partial charge in [-0.3, -0.25) is 10.1 Å². The molecule has 2 aliphatic rings. The monoisotopic (exact) mass is 452 g/mol. The molecule has 2 fully saturated rings. The smallest absolute Gasteiger partial charge is 0.157 e. The number of hydrogen-bond acceptors (Lipinski definition) is 5. The normalized spacial score (nSPS) is 20.1. The van der Waals surface area contributed by atoms with Crippen LogP contribution in [-0.4, -0.2) is 45.3 Å². The Kier molecular flexibility index (Phi) is 4.21. The highest BCUT2D eigenvalue weighted by Crippen LogP contribution is 2.40. The lowest BCUT2D eigenvalue weighted by atomic mass is 9.95. The number of H-pyrrole nitrogens is 1. The molecular formula is C27H25FN6. The van der Waals surface area contributed by atoms with E-state index >= 15 is 4.39 Å². The number of anilines is 1. The molecule has 34 heavy (non-hydrogen) atoms. The number of halogens is 1. The first-order valence-electron chi connectivity index (χ1n) is 11.9. The van der Waals surface area contributed by atoms with Crippen LogP contribution in [0.1, 0.15) is 24.1 Å². The summed E-state index contributed by atoms with van der Waals surface area (Å²) in [7, 11) is 0. The largest absolute Gasteiger partial charge is 0.353 e. The zero-order valence-electron chi connectivity index (χ0n) is 19.2. The maximum Gasteiger partial charge on any atom is 0.157 e. The fraction of sp³-hybridized carbons (Fsp3) is 0.296. The van der Waals surface area contributed by atoms with Crippen LogP contribution in [0, 0.1) is 19.7 Å². The van der Waals surface area contributed by atoms with E-state index in [0.717, 1.165) is 62.8 Å². The molecule has 0 spiro atoms. The number of pyridine rings is 2. The number of aryl methyl sites for hydroxylation is 2. The van der Waals surface area contributed by atoms with Crippen molar-refractivity contribution >= 4 is 38.3 Å². The molecule has 2 aromatic carbocycles. The second kappa shape index (κ2) is 7.21. The van der Waals surface area contributed by atoms with Gasteiger partial charge in [0.2, 0.25) is 0 Å². The van der Waals surface area contributed by atoms with Crippen molar-refractivity contribution < 1.29 is 4.39 Å². The van der Waals surface area contributed by atoms with E-state index in [4.69, 9.17) is 9.97 Å². The van der Waals surface area contributed by atoms with Crippen molar-refractivity contribution in [2.45, 2.75) is 38.8 Å². The summed E-state index contributed by atoms with van der Waals surface area (Å²) in [5, 5.41) is 15.2. The Labute approximate surface area is 196 Å². The summed E-state index contributed by atoms with van der Waals surface area (Å²) in [6.45, 7) is 5.72. The molecule has 2 bridgehead atoms. The van der Waals surface area contributed by atoms with Crippen LogP contribution in [0.2, 0.25) is 0 Å². The zero-order valence-corrected chi connectivity index (χ0v) is 19.2. The van der Waals surface area contributed by atoms with E-state index in [1.165, 1.54) is 12.8 Å². The van der Waals surface area contributed by atoms with Crippen molar-refractivity contribution in [2.24, 2.45) is 0 Å². The van der Waals surface area contributed by atoms with Crippen molar-refractivity contribution in [1.82, 2.24) is 25.5 Å². The van der Waals surface area contributed by atoms with Gasteiger partial charge >= 0.3 is 0 Å². The van der Waals surface area contributed by atoms with Gasteiger partial charge in [0.1, 0.15) is 11.5 Å². The maximum atomic E-state index is 16.5. The second-order valence-electron chi connectivity index (χ2n) is 9.70. The predicted molar refractivity (Wildman–Crippen MR) is 134 cm³/mol. The summed E-state index contributed by atoms with van der Waals surface area (Å²) < 4.78 is 16.5. The van der Waals surface area contributed by atoms with Crippen LogP contribution < -0.4 is 10.2 Å². The van der Waals surface area contributed by atoms with Gasteiger partial charge in [-0.05, 0) is 49.1 Å². The molecule has 2 unspecified atom stereocenters. The molecule has 0 aliphatic carbocycles. The number of nitrogens with one attached hydrogen (secondary N) is 2. The van der Waals surface area contributed by atoms with Crippen LogP contribution in [0.3, 0.4) is 0 Å². The molecule has 0 saturated carbocycles. The number of hydrogen-bond donors (Lipinski definition) is 2. The first-order valence-corrected chi connectivity index (χ1v) is 11.9. The third kappa shape index (κ3) is 2.80. The topological polar surface area (TPSA) is 69.7 Å². The quantitative estimate of drug-likeness (QED) is 0.394. The van der Waals surface area contributed by atoms with E-state index in [-0.39, 0.29) is 5.82 Å². The fourth-order valence-corrected chi connectivity index (χ4v) is 5.90. The molecule has 0 radical (unpaired) electrons. The third-order valence-electron chi connectivity index (χ3n) is 7.67. The van der Waals surface area contributed by atoms with Crippen molar-refractivity contribution in [3.63, 3.8) is 0 Å². The fourth-order valence-electron chi connectivity index (χ4n) is 5.90. The average Bonchev–Trinajstić information content (AvgIpc) is 3.45. The van der Waals surface area contributed by atoms with Crippen LogP contribution in [0.5, 0.6) is 0 Å². The summed E-state index contributed by atoms with van der Waals surface area (Å²) in [6, 6.07) is 11.0. The molecule has 6 nitrogen and oxygen atoms in total. The van der Waals surface area contributed by atoms with E-state index in [2.05, 4.69) is 26.5 Å². The summed E-state index contributed by atoms with van der Waals surface area (Å²) in [5.74, 6) is 0.555. The number of rotatable bonds is 2. The minimum absolute atomic E-state index is 0.293. The lowest BCUT2D eigenvalue weighted by Crippen LogP contribution is -2.51. The average molecular weight is 453 g/mol. The van der Waals surface area contributed by atoms with Crippen LogP contribution in [0.15, 0.2) is 42.7 Å². The summed E-state index contributed by atoms with van der Waals surface area (Å²) in [5.41, 5.74) is 3.72. The molecular weight excluding hydrogens is 427 g/mol. The Balaban J connectivity index is 1.50. The van der Waals surface area contributed by atoms with E-state index in [1.54, 1.807) is 6.20 Å². The molecule has 170 valence electrons. The molecule has 2 saturated heterocycles. The van der Waals surface area contributed by atoms with Gasteiger partial charge in [0.25, 0.3) is 0 Å². The van der Waals surface area contributed by atoms with Gasteiger partial charge in [-0.25, -0.2) is 9.37 Å². The Morgan fingerprint density at radius 3 is 2.62 bits per heavy atom. The van der Waals surface area contributed by atoms with Crippen LogP contribution >= 0.6 is 0 Å². The van der Waals surface area contributed by atoms with Crippen LogP contribution in [0.25, 0.3) is 43.7 Å². The van der Waals surface area contributed by atoms with Gasteiger partial charge in [-0.1, -0.05) is 24.3 Å². The van der Waals surface area contributed by atoms with Gasteiger partial charge in [-0.2, -0.15) is 5.10 Å². The van der Waals surface area contributed by atoms with E-state index in [0.29, 0.717) is 23.2 Å². The summed E-state index contributed by atoms with van der Waals surface area (Å²) in [6.07, 6.45) is 5.94. The minimum atomic E-state index is -0.293. The van der Waals surface area contributed by atoms with Gasteiger partial charge in [0.15, 0.2) is 5.82 Å². The maximum absolute atomic E-state index is 16.5. The minimum Gasteiger partial charge on any atom is -0.353 e. The first-order chi connectivity index (χ1) is 16.6. The number of aromatic nitrogens is 4. The molecule has 0 amide bonds. The third-order valence-corrected chi connectivity index (χ3v) is 7.67. The zero-order chi connectivity index (χ0) is 23.0. The van der Waals surface area contributed by atoms with E-state index in [9.17, 15) is 0 Å². The number of aromatic amines is 1. The Morgan fingerprint density at radius 1 is 1.00 bits per heavy atom. The Bertz CT molecular complexity index is 1590. The van der Waals surface area contributed by atoms with Crippen molar-refractivity contribution in [3.8, 4) is 11.3 Å². The van der Waals surface area contributed by atoms with Gasteiger partial charge in [0, 0.05) is 58.8 Å². The van der Waals surface area contributed by atoms with Gasteiger partial charge in [-0.15, -0.1) is 0 Å². The molecule has 2 N–H and O–H groups in total. The number of piperazine rings is 1. The lowest BCUT2D eigenvalue weighted by molar-refractivity contribution is 0.464. The van der Waals surface area contributed by atoms with Crippen molar-refractivity contribution in [1.29, 1.82) is 0 Å². The standard InChI is InChI=1S/C27H25FN6/c1-14-15(2)31-27(34-12-17-7-8-18(13-34)32-17)21-10-29-26(25(28)23(14)21)24-19-6-4-3-5-16(19)9-22-20(24)11-30-33-22/h3-6,9-11,17-18,32H,7-8,12-13H2,1-2H3,(H,30,33). The van der Waals surface area contributed by atoms with Crippen LogP contribution in [0.4, 0.5) is 10.2 Å². The molecule has 3 aromatic heterocycles. The highest BCUT2D eigenvalue weighted by Gasteiger charge is 2.34. The molecule has 7 rings (SSSR count). The lowest BCUT2D eigenvalue weighted by Gasteiger charge is -2.34. The molecule has 7 heteroatoms. The van der Waals surface area contributed by atoms with E-state index < -0.39 is 0 Å². The van der Waals surface area contributed by atoms with Crippen molar-refractivity contribution in [3.05, 3.63) is 59.8 Å².